The van der Waals surface area contributed by atoms with Gasteiger partial charge in [0.2, 0.25) is 5.82 Å². The summed E-state index contributed by atoms with van der Waals surface area (Å²) in [6.45, 7) is 0.209. The number of nitrogens with zero attached hydrogens (tertiary/aromatic N) is 2. The van der Waals surface area contributed by atoms with Crippen LogP contribution in [0.4, 0.5) is 4.39 Å². The second kappa shape index (κ2) is 10.1. The van der Waals surface area contributed by atoms with E-state index in [1.54, 1.807) is 0 Å². The predicted molar refractivity (Wildman–Crippen MR) is 142 cm³/mol. The molecule has 1 aromatic heterocycles. The summed E-state index contributed by atoms with van der Waals surface area (Å²) in [5.74, 6) is -0.935. The van der Waals surface area contributed by atoms with Gasteiger partial charge in [-0.15, -0.1) is 24.0 Å². The summed E-state index contributed by atoms with van der Waals surface area (Å²) < 4.78 is 34.3. The lowest BCUT2D eigenvalue weighted by Gasteiger charge is -2.37. The first-order valence-corrected chi connectivity index (χ1v) is 11.6. The summed E-state index contributed by atoms with van der Waals surface area (Å²) in [6.07, 6.45) is 0.337. The van der Waals surface area contributed by atoms with Gasteiger partial charge in [-0.05, 0) is 16.7 Å². The van der Waals surface area contributed by atoms with Gasteiger partial charge in [-0.3, -0.25) is 9.36 Å². The molecule has 2 bridgehead atoms. The molecule has 0 N–H and O–H groups in total. The van der Waals surface area contributed by atoms with E-state index < -0.39 is 29.3 Å². The zero-order chi connectivity index (χ0) is 23.8. The molecule has 4 aromatic rings. The van der Waals surface area contributed by atoms with Gasteiger partial charge in [-0.2, -0.15) is 9.37 Å². The summed E-state index contributed by atoms with van der Waals surface area (Å²) in [4.78, 5) is 15.4. The second-order valence-electron chi connectivity index (χ2n) is 8.70. The van der Waals surface area contributed by atoms with Gasteiger partial charge in [-0.25, -0.2) is 0 Å². The lowest BCUT2D eigenvalue weighted by molar-refractivity contribution is -0.0816. The molecule has 0 amide bonds. The topological polar surface area (TPSA) is 62.6 Å². The van der Waals surface area contributed by atoms with Crippen LogP contribution in [0.2, 0.25) is 0 Å². The standard InChI is InChI=1S/C28H23FN2O4.HI/c29-22-17-31-25-16-23(35-27(31)30-26(22)32)24(34-25)18-33-28(19-10-4-1-5-11-19,20-12-6-2-7-13-20)21-14-8-3-9-15-21;/h1-15,17,23-25H,16,18H2;1H/t23-,24-,25-;/m1./s1. The van der Waals surface area contributed by atoms with Crippen LogP contribution in [-0.4, -0.2) is 28.4 Å². The number of hydrogen-bond donors (Lipinski definition) is 0. The van der Waals surface area contributed by atoms with Crippen LogP contribution in [0.3, 0.4) is 0 Å². The largest absolute Gasteiger partial charge is 0.458 e. The zero-order valence-corrected chi connectivity index (χ0v) is 21.5. The van der Waals surface area contributed by atoms with Gasteiger partial charge in [0.05, 0.1) is 12.8 Å². The van der Waals surface area contributed by atoms with Crippen LogP contribution in [0.15, 0.2) is 102 Å². The number of ether oxygens (including phenoxy) is 3. The van der Waals surface area contributed by atoms with E-state index in [-0.39, 0.29) is 42.7 Å². The van der Waals surface area contributed by atoms with E-state index >= 15 is 0 Å². The Balaban J connectivity index is 0.00000267. The molecule has 0 unspecified atom stereocenters. The summed E-state index contributed by atoms with van der Waals surface area (Å²) in [7, 11) is 0. The Labute approximate surface area is 224 Å². The van der Waals surface area contributed by atoms with E-state index in [0.717, 1.165) is 22.9 Å². The fourth-order valence-electron chi connectivity index (χ4n) is 4.98. The third-order valence-electron chi connectivity index (χ3n) is 6.63. The van der Waals surface area contributed by atoms with Gasteiger partial charge in [0.25, 0.3) is 0 Å². The van der Waals surface area contributed by atoms with Crippen molar-refractivity contribution in [2.75, 3.05) is 6.61 Å². The van der Waals surface area contributed by atoms with Crippen molar-refractivity contribution in [1.29, 1.82) is 0 Å². The molecule has 0 saturated carbocycles. The minimum Gasteiger partial charge on any atom is -0.458 e. The van der Waals surface area contributed by atoms with Crippen molar-refractivity contribution in [1.82, 2.24) is 9.55 Å². The first-order chi connectivity index (χ1) is 17.1. The SMILES string of the molecule is I.O=c1nc2n(cc1F)[C@H]1C[C@@H](O2)[C@@H](COC(c2ccccc2)(c2ccccc2)c2ccccc2)O1. The summed E-state index contributed by atoms with van der Waals surface area (Å²) >= 11 is 0. The third kappa shape index (κ3) is 4.23. The average molecular weight is 598 g/mol. The lowest BCUT2D eigenvalue weighted by Crippen LogP contribution is -2.39. The van der Waals surface area contributed by atoms with Crippen molar-refractivity contribution in [2.45, 2.75) is 30.5 Å². The van der Waals surface area contributed by atoms with Crippen molar-refractivity contribution in [3.63, 3.8) is 0 Å². The molecular formula is C28H24FIN2O4. The zero-order valence-electron chi connectivity index (χ0n) is 19.2. The van der Waals surface area contributed by atoms with E-state index in [1.165, 1.54) is 4.57 Å². The molecule has 0 aliphatic carbocycles. The second-order valence-corrected chi connectivity index (χ2v) is 8.70. The van der Waals surface area contributed by atoms with Gasteiger partial charge in [-0.1, -0.05) is 91.0 Å². The van der Waals surface area contributed by atoms with Crippen LogP contribution in [0.5, 0.6) is 6.01 Å². The monoisotopic (exact) mass is 598 g/mol. The molecule has 2 aliphatic heterocycles. The van der Waals surface area contributed by atoms with E-state index in [4.69, 9.17) is 14.2 Å². The summed E-state index contributed by atoms with van der Waals surface area (Å²) in [5.41, 5.74) is 1.11. The number of rotatable bonds is 6. The van der Waals surface area contributed by atoms with E-state index in [1.807, 2.05) is 54.6 Å². The molecule has 1 fully saturated rings. The molecule has 3 atom stereocenters. The molecule has 184 valence electrons. The highest BCUT2D eigenvalue weighted by Gasteiger charge is 2.46. The van der Waals surface area contributed by atoms with Gasteiger partial charge in [0.1, 0.15) is 24.0 Å². The maximum absolute atomic E-state index is 13.9. The van der Waals surface area contributed by atoms with Crippen molar-refractivity contribution >= 4 is 24.0 Å². The fourth-order valence-corrected chi connectivity index (χ4v) is 4.98. The molecule has 3 heterocycles. The van der Waals surface area contributed by atoms with Crippen LogP contribution in [0.25, 0.3) is 0 Å². The molecule has 6 nitrogen and oxygen atoms in total. The molecular weight excluding hydrogens is 574 g/mol. The van der Waals surface area contributed by atoms with Gasteiger partial charge < -0.3 is 14.2 Å². The molecule has 2 aliphatic rings. The van der Waals surface area contributed by atoms with Crippen LogP contribution in [0.1, 0.15) is 29.3 Å². The first kappa shape index (κ1) is 24.6. The Morgan fingerprint density at radius 3 is 1.97 bits per heavy atom. The number of aromatic nitrogens is 2. The Hall–Kier alpha value is -3.08. The average Bonchev–Trinajstić information content (AvgIpc) is 3.24. The Morgan fingerprint density at radius 2 is 1.44 bits per heavy atom. The van der Waals surface area contributed by atoms with Crippen LogP contribution in [-0.2, 0) is 15.1 Å². The number of hydrogen-bond acceptors (Lipinski definition) is 5. The van der Waals surface area contributed by atoms with Gasteiger partial charge in [0, 0.05) is 6.42 Å². The Kier molecular flexibility index (Phi) is 6.92. The molecule has 3 aromatic carbocycles. The first-order valence-electron chi connectivity index (χ1n) is 11.6. The normalized spacial score (nSPS) is 20.2. The van der Waals surface area contributed by atoms with Gasteiger partial charge in [0.15, 0.2) is 0 Å². The van der Waals surface area contributed by atoms with Crippen molar-refractivity contribution < 1.29 is 18.6 Å². The quantitative estimate of drug-likeness (QED) is 0.230. The van der Waals surface area contributed by atoms with Crippen molar-refractivity contribution in [3.05, 3.63) is 130 Å². The van der Waals surface area contributed by atoms with Crippen LogP contribution >= 0.6 is 24.0 Å². The maximum atomic E-state index is 13.9. The Bertz CT molecular complexity index is 1290. The molecule has 8 heteroatoms. The fraction of sp³-hybridized carbons (Fsp3) is 0.214. The number of benzene rings is 3. The summed E-state index contributed by atoms with van der Waals surface area (Å²) in [5, 5.41) is 0. The van der Waals surface area contributed by atoms with Crippen LogP contribution < -0.4 is 10.3 Å². The molecule has 0 radical (unpaired) electrons. The molecule has 1 saturated heterocycles. The molecule has 0 spiro atoms. The third-order valence-corrected chi connectivity index (χ3v) is 6.63. The minimum absolute atomic E-state index is 0. The van der Waals surface area contributed by atoms with Gasteiger partial charge >= 0.3 is 11.6 Å². The summed E-state index contributed by atoms with van der Waals surface area (Å²) in [6, 6.07) is 30.3. The van der Waals surface area contributed by atoms with Crippen LogP contribution in [0, 0.1) is 5.82 Å². The lowest BCUT2D eigenvalue weighted by atomic mass is 9.80. The maximum Gasteiger partial charge on any atom is 0.311 e. The number of fused-ring (bicyclic) bond motifs is 4. The highest BCUT2D eigenvalue weighted by molar-refractivity contribution is 14.0. The minimum atomic E-state index is -0.943. The molecule has 36 heavy (non-hydrogen) atoms. The number of halogens is 2. The highest BCUT2D eigenvalue weighted by Crippen LogP contribution is 2.43. The Morgan fingerprint density at radius 1 is 0.917 bits per heavy atom. The van der Waals surface area contributed by atoms with E-state index in [9.17, 15) is 9.18 Å². The van der Waals surface area contributed by atoms with Crippen molar-refractivity contribution in [3.8, 4) is 6.01 Å². The highest BCUT2D eigenvalue weighted by atomic mass is 127. The predicted octanol–water partition coefficient (Wildman–Crippen LogP) is 5.06. The smallest absolute Gasteiger partial charge is 0.311 e. The van der Waals surface area contributed by atoms with E-state index in [0.29, 0.717) is 6.42 Å². The van der Waals surface area contributed by atoms with Crippen molar-refractivity contribution in [2.24, 2.45) is 0 Å². The van der Waals surface area contributed by atoms with E-state index in [2.05, 4.69) is 41.4 Å². The molecule has 6 rings (SSSR count).